The number of aliphatic hydroxyl groups excluding tert-OH is 1. The van der Waals surface area contributed by atoms with Crippen LogP contribution in [-0.2, 0) is 4.74 Å². The molecule has 0 bridgehead atoms. The van der Waals surface area contributed by atoms with Gasteiger partial charge >= 0.3 is 0 Å². The first kappa shape index (κ1) is 17.2. The van der Waals surface area contributed by atoms with Gasteiger partial charge in [-0.3, -0.25) is 0 Å². The average Bonchev–Trinajstić information content (AvgIpc) is 2.88. The lowest BCUT2D eigenvalue weighted by molar-refractivity contribution is 0.0761. The number of nitrogens with one attached hydrogen (secondary N) is 1. The van der Waals surface area contributed by atoms with Crippen molar-refractivity contribution in [2.45, 2.75) is 39.5 Å². The van der Waals surface area contributed by atoms with Gasteiger partial charge in [0.15, 0.2) is 0 Å². The first-order valence-corrected chi connectivity index (χ1v) is 8.75. The second-order valence-electron chi connectivity index (χ2n) is 7.58. The Bertz CT molecular complexity index is 289. The highest BCUT2D eigenvalue weighted by Crippen LogP contribution is 2.31. The van der Waals surface area contributed by atoms with Crippen LogP contribution in [0.5, 0.6) is 0 Å². The summed E-state index contributed by atoms with van der Waals surface area (Å²) in [5.74, 6) is 1.39. The Kier molecular flexibility index (Phi) is 6.93. The summed E-state index contributed by atoms with van der Waals surface area (Å²) in [6, 6.07) is 0. The Balaban J connectivity index is 1.83. The number of piperidine rings is 1. The molecule has 2 aliphatic rings. The van der Waals surface area contributed by atoms with Gasteiger partial charge in [0.25, 0.3) is 0 Å². The van der Waals surface area contributed by atoms with E-state index in [-0.39, 0.29) is 0 Å². The summed E-state index contributed by atoms with van der Waals surface area (Å²) in [5, 5.41) is 12.8. The van der Waals surface area contributed by atoms with Crippen molar-refractivity contribution >= 4 is 0 Å². The molecule has 2 aliphatic heterocycles. The van der Waals surface area contributed by atoms with Crippen LogP contribution in [0.3, 0.4) is 0 Å². The van der Waals surface area contributed by atoms with Gasteiger partial charge in [-0.1, -0.05) is 13.8 Å². The smallest absolute Gasteiger partial charge is 0.0547 e. The van der Waals surface area contributed by atoms with Crippen LogP contribution in [-0.4, -0.2) is 62.6 Å². The first-order valence-electron chi connectivity index (χ1n) is 8.75. The lowest BCUT2D eigenvalue weighted by atomic mass is 9.84. The van der Waals surface area contributed by atoms with E-state index in [1.165, 1.54) is 25.8 Å². The molecule has 0 amide bonds. The zero-order valence-corrected chi connectivity index (χ0v) is 13.9. The van der Waals surface area contributed by atoms with Crippen LogP contribution in [0.25, 0.3) is 0 Å². The van der Waals surface area contributed by atoms with Gasteiger partial charge in [-0.2, -0.15) is 0 Å². The number of hydrogen-bond acceptors (Lipinski definition) is 4. The largest absolute Gasteiger partial charge is 0.396 e. The number of nitrogens with zero attached hydrogens (tertiary/aromatic N) is 1. The Hall–Kier alpha value is -0.160. The zero-order chi connectivity index (χ0) is 15.1. The maximum atomic E-state index is 9.16. The monoisotopic (exact) mass is 298 g/mol. The normalized spacial score (nSPS) is 31.1. The van der Waals surface area contributed by atoms with Crippen molar-refractivity contribution in [2.75, 3.05) is 52.5 Å². The average molecular weight is 298 g/mol. The van der Waals surface area contributed by atoms with E-state index in [4.69, 9.17) is 9.84 Å². The first-order chi connectivity index (χ1) is 10.1. The summed E-state index contributed by atoms with van der Waals surface area (Å²) in [4.78, 5) is 2.62. The Morgan fingerprint density at radius 3 is 2.95 bits per heavy atom. The van der Waals surface area contributed by atoms with Crippen LogP contribution < -0.4 is 5.32 Å². The maximum absolute atomic E-state index is 9.16. The molecule has 124 valence electrons. The molecule has 2 heterocycles. The molecule has 4 nitrogen and oxygen atoms in total. The number of hydrogen-bond donors (Lipinski definition) is 2. The molecule has 21 heavy (non-hydrogen) atoms. The molecule has 0 spiro atoms. The summed E-state index contributed by atoms with van der Waals surface area (Å²) in [6.45, 7) is 12.4. The van der Waals surface area contributed by atoms with Crippen LogP contribution in [0.15, 0.2) is 0 Å². The van der Waals surface area contributed by atoms with Crippen molar-refractivity contribution in [3.63, 3.8) is 0 Å². The predicted molar refractivity (Wildman–Crippen MR) is 86.4 cm³/mol. The minimum atomic E-state index is 0.302. The lowest BCUT2D eigenvalue weighted by Crippen LogP contribution is -2.48. The third-order valence-corrected chi connectivity index (χ3v) is 4.94. The van der Waals surface area contributed by atoms with E-state index in [1.807, 2.05) is 0 Å². The van der Waals surface area contributed by atoms with Crippen molar-refractivity contribution < 1.29 is 9.84 Å². The molecule has 0 aromatic carbocycles. The van der Waals surface area contributed by atoms with E-state index in [0.29, 0.717) is 23.9 Å². The Morgan fingerprint density at radius 2 is 2.29 bits per heavy atom. The Morgan fingerprint density at radius 1 is 1.43 bits per heavy atom. The van der Waals surface area contributed by atoms with Crippen LogP contribution in [0.2, 0.25) is 0 Å². The van der Waals surface area contributed by atoms with Gasteiger partial charge in [-0.05, 0) is 50.6 Å². The third-order valence-electron chi connectivity index (χ3n) is 4.94. The molecule has 0 aromatic heterocycles. The summed E-state index contributed by atoms with van der Waals surface area (Å²) in [5.41, 5.74) is 0.302. The summed E-state index contributed by atoms with van der Waals surface area (Å²) in [7, 11) is 0. The van der Waals surface area contributed by atoms with E-state index < -0.39 is 0 Å². The van der Waals surface area contributed by atoms with Gasteiger partial charge in [-0.15, -0.1) is 0 Å². The van der Waals surface area contributed by atoms with Gasteiger partial charge in [-0.25, -0.2) is 0 Å². The molecule has 2 atom stereocenters. The third kappa shape index (κ3) is 5.51. The predicted octanol–water partition coefficient (Wildman–Crippen LogP) is 1.73. The number of ether oxygens (including phenoxy) is 1. The van der Waals surface area contributed by atoms with Crippen molar-refractivity contribution in [1.29, 1.82) is 0 Å². The fourth-order valence-corrected chi connectivity index (χ4v) is 3.78. The van der Waals surface area contributed by atoms with Crippen molar-refractivity contribution in [3.05, 3.63) is 0 Å². The molecule has 2 N–H and O–H groups in total. The molecule has 0 aromatic rings. The molecule has 2 unspecified atom stereocenters. The number of aliphatic hydroxyl groups is 1. The quantitative estimate of drug-likeness (QED) is 0.716. The van der Waals surface area contributed by atoms with Crippen LogP contribution >= 0.6 is 0 Å². The zero-order valence-electron chi connectivity index (χ0n) is 13.9. The minimum absolute atomic E-state index is 0.302. The van der Waals surface area contributed by atoms with Crippen LogP contribution in [0.1, 0.15) is 39.5 Å². The SMILES string of the molecule is CC(C)CNCC1(CN2CCCC(CCO)C2)CCOC1. The highest BCUT2D eigenvalue weighted by molar-refractivity contribution is 4.90. The van der Waals surface area contributed by atoms with Gasteiger partial charge in [0, 0.05) is 38.3 Å². The second kappa shape index (κ2) is 8.47. The standard InChI is InChI=1S/C17H34N2O2/c1-15(2)10-18-12-17(6-9-21-14-17)13-19-7-3-4-16(11-19)5-8-20/h15-16,18,20H,3-14H2,1-2H3. The molecule has 2 fully saturated rings. The highest BCUT2D eigenvalue weighted by atomic mass is 16.5. The molecule has 0 saturated carbocycles. The fraction of sp³-hybridized carbons (Fsp3) is 1.00. The van der Waals surface area contributed by atoms with Crippen molar-refractivity contribution in [1.82, 2.24) is 10.2 Å². The lowest BCUT2D eigenvalue weighted by Gasteiger charge is -2.39. The van der Waals surface area contributed by atoms with E-state index >= 15 is 0 Å². The molecule has 4 heteroatoms. The minimum Gasteiger partial charge on any atom is -0.396 e. The van der Waals surface area contributed by atoms with E-state index in [1.54, 1.807) is 0 Å². The second-order valence-corrected chi connectivity index (χ2v) is 7.58. The highest BCUT2D eigenvalue weighted by Gasteiger charge is 2.37. The molecule has 0 aliphatic carbocycles. The Labute approximate surface area is 130 Å². The van der Waals surface area contributed by atoms with Gasteiger partial charge in [0.05, 0.1) is 6.61 Å². The van der Waals surface area contributed by atoms with E-state index in [2.05, 4.69) is 24.1 Å². The van der Waals surface area contributed by atoms with Crippen LogP contribution in [0.4, 0.5) is 0 Å². The van der Waals surface area contributed by atoms with Gasteiger partial charge in [0.1, 0.15) is 0 Å². The topological polar surface area (TPSA) is 44.7 Å². The maximum Gasteiger partial charge on any atom is 0.0547 e. The summed E-state index contributed by atoms with van der Waals surface area (Å²) in [6.07, 6.45) is 4.71. The van der Waals surface area contributed by atoms with E-state index in [0.717, 1.165) is 45.8 Å². The van der Waals surface area contributed by atoms with Crippen molar-refractivity contribution in [2.24, 2.45) is 17.3 Å². The summed E-state index contributed by atoms with van der Waals surface area (Å²) >= 11 is 0. The fourth-order valence-electron chi connectivity index (χ4n) is 3.78. The van der Waals surface area contributed by atoms with Crippen LogP contribution in [0, 0.1) is 17.3 Å². The van der Waals surface area contributed by atoms with E-state index in [9.17, 15) is 0 Å². The number of rotatable bonds is 8. The summed E-state index contributed by atoms with van der Waals surface area (Å²) < 4.78 is 5.73. The molecular formula is C17H34N2O2. The van der Waals surface area contributed by atoms with Gasteiger partial charge in [0.2, 0.25) is 0 Å². The van der Waals surface area contributed by atoms with Crippen molar-refractivity contribution in [3.8, 4) is 0 Å². The molecule has 2 saturated heterocycles. The number of likely N-dealkylation sites (tertiary alicyclic amines) is 1. The van der Waals surface area contributed by atoms with Gasteiger partial charge < -0.3 is 20.1 Å². The molecule has 2 rings (SSSR count). The molecular weight excluding hydrogens is 264 g/mol. The molecule has 0 radical (unpaired) electrons.